The predicted molar refractivity (Wildman–Crippen MR) is 115 cm³/mol. The highest BCUT2D eigenvalue weighted by Gasteiger charge is 2.46. The van der Waals surface area contributed by atoms with Gasteiger partial charge in [-0.25, -0.2) is 4.98 Å². The summed E-state index contributed by atoms with van der Waals surface area (Å²) in [7, 11) is 2.03. The zero-order chi connectivity index (χ0) is 19.6. The van der Waals surface area contributed by atoms with Crippen LogP contribution in [0, 0.1) is 6.92 Å². The van der Waals surface area contributed by atoms with Gasteiger partial charge in [0.25, 0.3) is 0 Å². The Hall–Kier alpha value is -1.79. The van der Waals surface area contributed by atoms with Gasteiger partial charge in [-0.3, -0.25) is 4.84 Å². The van der Waals surface area contributed by atoms with E-state index < -0.39 is 0 Å². The molecule has 0 radical (unpaired) electrons. The highest BCUT2D eigenvalue weighted by Crippen LogP contribution is 2.42. The van der Waals surface area contributed by atoms with Crippen LogP contribution in [0.4, 0.5) is 0 Å². The molecule has 0 amide bonds. The van der Waals surface area contributed by atoms with Crippen molar-refractivity contribution in [3.63, 3.8) is 0 Å². The molecular formula is C22H24ClN3OS. The van der Waals surface area contributed by atoms with Gasteiger partial charge >= 0.3 is 0 Å². The molecule has 146 valence electrons. The number of rotatable bonds is 6. The molecular weight excluding hydrogens is 390 g/mol. The number of benzene rings is 2. The van der Waals surface area contributed by atoms with Crippen LogP contribution in [0.3, 0.4) is 0 Å². The molecule has 28 heavy (non-hydrogen) atoms. The molecule has 4 rings (SSSR count). The zero-order valence-electron chi connectivity index (χ0n) is 16.1. The minimum atomic E-state index is -0.260. The van der Waals surface area contributed by atoms with E-state index in [1.54, 1.807) is 0 Å². The van der Waals surface area contributed by atoms with Gasteiger partial charge in [0.1, 0.15) is 0 Å². The molecule has 1 aliphatic rings. The van der Waals surface area contributed by atoms with Gasteiger partial charge in [-0.05, 0) is 36.8 Å². The van der Waals surface area contributed by atoms with Crippen LogP contribution in [-0.2, 0) is 16.9 Å². The van der Waals surface area contributed by atoms with E-state index >= 15 is 0 Å². The van der Waals surface area contributed by atoms with Crippen LogP contribution in [0.15, 0.2) is 72.1 Å². The van der Waals surface area contributed by atoms with Gasteiger partial charge in [-0.15, -0.1) is 11.8 Å². The van der Waals surface area contributed by atoms with Gasteiger partial charge in [0, 0.05) is 48.1 Å². The minimum absolute atomic E-state index is 0.135. The predicted octanol–water partition coefficient (Wildman–Crippen LogP) is 5.17. The van der Waals surface area contributed by atoms with Crippen LogP contribution in [0.5, 0.6) is 0 Å². The summed E-state index contributed by atoms with van der Waals surface area (Å²) in [6.45, 7) is 2.89. The molecule has 3 aromatic rings. The molecule has 1 fully saturated rings. The second-order valence-electron chi connectivity index (χ2n) is 7.33. The Bertz CT molecular complexity index is 899. The maximum absolute atomic E-state index is 6.30. The number of nitrogens with zero attached hydrogens (tertiary/aromatic N) is 3. The van der Waals surface area contributed by atoms with E-state index in [1.807, 2.05) is 54.7 Å². The lowest BCUT2D eigenvalue weighted by Crippen LogP contribution is -2.41. The zero-order valence-corrected chi connectivity index (χ0v) is 17.7. The van der Waals surface area contributed by atoms with E-state index in [1.165, 1.54) is 16.0 Å². The van der Waals surface area contributed by atoms with E-state index in [2.05, 4.69) is 52.9 Å². The molecule has 0 unspecified atom stereocenters. The van der Waals surface area contributed by atoms with Crippen LogP contribution in [0.1, 0.15) is 17.5 Å². The molecule has 0 aliphatic carbocycles. The molecule has 0 bridgehead atoms. The van der Waals surface area contributed by atoms with Crippen molar-refractivity contribution in [2.45, 2.75) is 36.4 Å². The van der Waals surface area contributed by atoms with Gasteiger partial charge in [0.15, 0.2) is 0 Å². The number of likely N-dealkylation sites (N-methyl/N-ethyl adjacent to an activating group) is 1. The summed E-state index contributed by atoms with van der Waals surface area (Å²) >= 11 is 7.98. The fourth-order valence-electron chi connectivity index (χ4n) is 3.78. The average Bonchev–Trinajstić information content (AvgIpc) is 3.31. The Kier molecular flexibility index (Phi) is 5.78. The van der Waals surface area contributed by atoms with Crippen molar-refractivity contribution in [1.82, 2.24) is 14.6 Å². The van der Waals surface area contributed by atoms with Crippen LogP contribution in [-0.4, -0.2) is 33.5 Å². The number of thioether (sulfide) groups is 1. The van der Waals surface area contributed by atoms with Crippen molar-refractivity contribution >= 4 is 23.4 Å². The summed E-state index contributed by atoms with van der Waals surface area (Å²) in [6, 6.07) is 16.8. The highest BCUT2D eigenvalue weighted by molar-refractivity contribution is 7.99. The fourth-order valence-corrected chi connectivity index (χ4v) is 4.79. The number of hydrogen-bond donors (Lipinski definition) is 0. The second kappa shape index (κ2) is 8.29. The molecule has 1 saturated heterocycles. The summed E-state index contributed by atoms with van der Waals surface area (Å²) < 4.78 is 2.12. The molecule has 0 N–H and O–H groups in total. The van der Waals surface area contributed by atoms with Crippen LogP contribution in [0.2, 0.25) is 5.02 Å². The molecule has 0 spiro atoms. The maximum Gasteiger partial charge on any atom is 0.0946 e. The van der Waals surface area contributed by atoms with Gasteiger partial charge in [0.05, 0.1) is 18.0 Å². The quantitative estimate of drug-likeness (QED) is 0.521. The minimum Gasteiger partial charge on any atom is -0.335 e. The Morgan fingerprint density at radius 2 is 1.93 bits per heavy atom. The summed E-state index contributed by atoms with van der Waals surface area (Å²) in [5.41, 5.74) is 2.23. The van der Waals surface area contributed by atoms with Crippen LogP contribution >= 0.6 is 23.4 Å². The first-order valence-corrected chi connectivity index (χ1v) is 10.7. The lowest BCUT2D eigenvalue weighted by atomic mass is 9.85. The molecule has 4 nitrogen and oxygen atoms in total. The molecule has 1 aliphatic heterocycles. The van der Waals surface area contributed by atoms with E-state index in [0.717, 1.165) is 23.7 Å². The summed E-state index contributed by atoms with van der Waals surface area (Å²) in [5, 5.41) is 2.77. The fraction of sp³-hybridized carbons (Fsp3) is 0.318. The largest absolute Gasteiger partial charge is 0.335 e. The number of hydrogen-bond acceptors (Lipinski definition) is 4. The molecule has 0 saturated carbocycles. The molecule has 6 heteroatoms. The van der Waals surface area contributed by atoms with E-state index in [4.69, 9.17) is 16.4 Å². The maximum atomic E-state index is 6.30. The number of imidazole rings is 1. The molecule has 2 aromatic carbocycles. The lowest BCUT2D eigenvalue weighted by Gasteiger charge is -2.35. The molecule has 1 aromatic heterocycles. The Morgan fingerprint density at radius 3 is 2.61 bits per heavy atom. The molecule has 2 heterocycles. The third-order valence-corrected chi connectivity index (χ3v) is 6.71. The smallest absolute Gasteiger partial charge is 0.0946 e. The third kappa shape index (κ3) is 4.13. The van der Waals surface area contributed by atoms with Gasteiger partial charge in [-0.1, -0.05) is 41.4 Å². The Labute approximate surface area is 175 Å². The highest BCUT2D eigenvalue weighted by atomic mass is 35.5. The Morgan fingerprint density at radius 1 is 1.18 bits per heavy atom. The van der Waals surface area contributed by atoms with E-state index in [9.17, 15) is 0 Å². The first-order chi connectivity index (χ1) is 13.5. The lowest BCUT2D eigenvalue weighted by molar-refractivity contribution is -0.170. The molecule has 2 atom stereocenters. The average molecular weight is 414 g/mol. The Balaban J connectivity index is 1.55. The first kappa shape index (κ1) is 19.5. The van der Waals surface area contributed by atoms with Crippen molar-refractivity contribution in [3.8, 4) is 0 Å². The number of hydroxylamine groups is 2. The summed E-state index contributed by atoms with van der Waals surface area (Å²) in [5.74, 6) is 0.909. The normalized spacial score (nSPS) is 22.6. The van der Waals surface area contributed by atoms with Crippen molar-refractivity contribution in [1.29, 1.82) is 0 Å². The van der Waals surface area contributed by atoms with E-state index in [-0.39, 0.29) is 11.6 Å². The summed E-state index contributed by atoms with van der Waals surface area (Å²) in [6.07, 6.45) is 6.72. The SMILES string of the molecule is Cc1ccc(SC[C@H]2C[C@](Cn3ccnc3)(c3ccc(Cl)cc3)N(C)O2)cc1. The topological polar surface area (TPSA) is 30.3 Å². The van der Waals surface area contributed by atoms with Gasteiger partial charge < -0.3 is 4.57 Å². The van der Waals surface area contributed by atoms with Crippen LogP contribution in [0.25, 0.3) is 0 Å². The van der Waals surface area contributed by atoms with Crippen molar-refractivity contribution in [2.75, 3.05) is 12.8 Å². The monoisotopic (exact) mass is 413 g/mol. The van der Waals surface area contributed by atoms with Crippen molar-refractivity contribution in [2.24, 2.45) is 0 Å². The van der Waals surface area contributed by atoms with Gasteiger partial charge in [-0.2, -0.15) is 5.06 Å². The number of aromatic nitrogens is 2. The van der Waals surface area contributed by atoms with Gasteiger partial charge in [0.2, 0.25) is 0 Å². The number of halogens is 1. The summed E-state index contributed by atoms with van der Waals surface area (Å²) in [4.78, 5) is 11.8. The van der Waals surface area contributed by atoms with E-state index in [0.29, 0.717) is 0 Å². The third-order valence-electron chi connectivity index (χ3n) is 5.32. The van der Waals surface area contributed by atoms with Crippen LogP contribution < -0.4 is 0 Å². The standard InChI is InChI=1S/C22H24ClN3OS/c1-17-3-9-21(10-4-17)28-14-20-13-22(25(2)27-20,15-26-12-11-24-16-26)18-5-7-19(23)8-6-18/h3-12,16,20H,13-15H2,1-2H3/t20-,22+/m1/s1. The first-order valence-electron chi connectivity index (χ1n) is 9.37. The van der Waals surface area contributed by atoms with Crippen molar-refractivity contribution in [3.05, 3.63) is 83.4 Å². The van der Waals surface area contributed by atoms with Crippen molar-refractivity contribution < 1.29 is 4.84 Å². The second-order valence-corrected chi connectivity index (χ2v) is 8.86. The number of aryl methyl sites for hydroxylation is 1.